The number of esters is 1. The third-order valence-corrected chi connectivity index (χ3v) is 2.20. The molecule has 5 nitrogen and oxygen atoms in total. The molecule has 0 aliphatic rings. The normalized spacial score (nSPS) is 9.28. The molecule has 6 heteroatoms. The molecule has 0 fully saturated rings. The van der Waals surface area contributed by atoms with Crippen LogP contribution in [-0.4, -0.2) is 40.4 Å². The monoisotopic (exact) mass is 275 g/mol. The molecule has 0 unspecified atom stereocenters. The van der Waals surface area contributed by atoms with Crippen LogP contribution < -0.4 is 14.8 Å². The van der Waals surface area contributed by atoms with E-state index >= 15 is 0 Å². The van der Waals surface area contributed by atoms with Gasteiger partial charge in [-0.25, -0.2) is 4.79 Å². The average molecular weight is 276 g/mol. The van der Waals surface area contributed by atoms with E-state index in [1.165, 1.54) is 7.11 Å². The number of ether oxygens (including phenoxy) is 3. The minimum Gasteiger partial charge on any atom is -0.497 e. The van der Waals surface area contributed by atoms with Crippen LogP contribution in [0, 0.1) is 0 Å². The Morgan fingerprint density at radius 2 is 2.06 bits per heavy atom. The third-order valence-electron chi connectivity index (χ3n) is 2.20. The molecule has 0 spiro atoms. The zero-order valence-corrected chi connectivity index (χ0v) is 11.5. The van der Waals surface area contributed by atoms with Gasteiger partial charge in [0, 0.05) is 12.6 Å². The molecule has 0 radical (unpaired) electrons. The molecular formula is C12H18ClNO4. The fourth-order valence-electron chi connectivity index (χ4n) is 1.29. The van der Waals surface area contributed by atoms with Crippen LogP contribution in [0.5, 0.6) is 11.5 Å². The van der Waals surface area contributed by atoms with E-state index in [1.54, 1.807) is 25.3 Å². The smallest absolute Gasteiger partial charge is 0.341 e. The molecule has 0 aliphatic heterocycles. The first-order valence-corrected chi connectivity index (χ1v) is 5.26. The lowest BCUT2D eigenvalue weighted by molar-refractivity contribution is 0.0596. The molecule has 0 aliphatic carbocycles. The Morgan fingerprint density at radius 3 is 2.61 bits per heavy atom. The van der Waals surface area contributed by atoms with Crippen molar-refractivity contribution in [3.63, 3.8) is 0 Å². The van der Waals surface area contributed by atoms with Gasteiger partial charge >= 0.3 is 5.97 Å². The van der Waals surface area contributed by atoms with Crippen molar-refractivity contribution in [2.45, 2.75) is 0 Å². The lowest BCUT2D eigenvalue weighted by Crippen LogP contribution is -2.17. The zero-order valence-electron chi connectivity index (χ0n) is 10.7. The molecule has 18 heavy (non-hydrogen) atoms. The van der Waals surface area contributed by atoms with Crippen LogP contribution in [0.3, 0.4) is 0 Å². The van der Waals surface area contributed by atoms with Crippen LogP contribution >= 0.6 is 12.4 Å². The van der Waals surface area contributed by atoms with Crippen molar-refractivity contribution >= 4 is 18.4 Å². The molecule has 1 rings (SSSR count). The van der Waals surface area contributed by atoms with E-state index in [0.29, 0.717) is 30.2 Å². The van der Waals surface area contributed by atoms with Crippen molar-refractivity contribution in [3.8, 4) is 11.5 Å². The van der Waals surface area contributed by atoms with Crippen LogP contribution in [0.2, 0.25) is 0 Å². The van der Waals surface area contributed by atoms with Crippen molar-refractivity contribution < 1.29 is 19.0 Å². The maximum atomic E-state index is 11.5. The van der Waals surface area contributed by atoms with Gasteiger partial charge in [0.05, 0.1) is 14.2 Å². The van der Waals surface area contributed by atoms with Gasteiger partial charge in [0.15, 0.2) is 0 Å². The quantitative estimate of drug-likeness (QED) is 0.630. The van der Waals surface area contributed by atoms with Gasteiger partial charge in [-0.05, 0) is 19.2 Å². The molecule has 0 heterocycles. The molecule has 0 saturated carbocycles. The largest absolute Gasteiger partial charge is 0.497 e. The second-order valence-electron chi connectivity index (χ2n) is 3.31. The van der Waals surface area contributed by atoms with Crippen LogP contribution in [0.25, 0.3) is 0 Å². The predicted molar refractivity (Wildman–Crippen MR) is 71.0 cm³/mol. The van der Waals surface area contributed by atoms with E-state index in [4.69, 9.17) is 9.47 Å². The Labute approximate surface area is 113 Å². The summed E-state index contributed by atoms with van der Waals surface area (Å²) in [6, 6.07) is 4.98. The van der Waals surface area contributed by atoms with Crippen LogP contribution in [-0.2, 0) is 4.74 Å². The maximum absolute atomic E-state index is 11.5. The number of hydrogen-bond acceptors (Lipinski definition) is 5. The Balaban J connectivity index is 0.00000289. The molecule has 1 N–H and O–H groups in total. The number of nitrogens with one attached hydrogen (secondary N) is 1. The predicted octanol–water partition coefficient (Wildman–Crippen LogP) is 1.50. The van der Waals surface area contributed by atoms with E-state index in [0.717, 1.165) is 0 Å². The number of carbonyl (C=O) groups is 1. The Kier molecular flexibility index (Phi) is 7.91. The van der Waals surface area contributed by atoms with Crippen molar-refractivity contribution in [1.29, 1.82) is 0 Å². The molecule has 1 aromatic rings. The second kappa shape index (κ2) is 8.60. The van der Waals surface area contributed by atoms with Gasteiger partial charge in [-0.2, -0.15) is 0 Å². The fraction of sp³-hybridized carbons (Fsp3) is 0.417. The van der Waals surface area contributed by atoms with Crippen LogP contribution in [0.15, 0.2) is 18.2 Å². The van der Waals surface area contributed by atoms with Crippen molar-refractivity contribution in [2.75, 3.05) is 34.4 Å². The standard InChI is InChI=1S/C12H17NO4.ClH/c1-13-6-7-17-11-8-9(15-2)4-5-10(11)12(14)16-3;/h4-5,8,13H,6-7H2,1-3H3;1H. The first-order chi connectivity index (χ1) is 8.22. The lowest BCUT2D eigenvalue weighted by atomic mass is 10.2. The van der Waals surface area contributed by atoms with Gasteiger partial charge < -0.3 is 19.5 Å². The van der Waals surface area contributed by atoms with Gasteiger partial charge in [-0.1, -0.05) is 0 Å². The number of rotatable bonds is 6. The zero-order chi connectivity index (χ0) is 12.7. The molecule has 0 aromatic heterocycles. The maximum Gasteiger partial charge on any atom is 0.341 e. The van der Waals surface area contributed by atoms with Crippen molar-refractivity contribution in [2.24, 2.45) is 0 Å². The minimum absolute atomic E-state index is 0. The summed E-state index contributed by atoms with van der Waals surface area (Å²) in [5.41, 5.74) is 0.393. The average Bonchev–Trinajstić information content (AvgIpc) is 2.38. The van der Waals surface area contributed by atoms with E-state index in [2.05, 4.69) is 10.1 Å². The number of halogens is 1. The molecule has 1 aromatic carbocycles. The van der Waals surface area contributed by atoms with Crippen molar-refractivity contribution in [1.82, 2.24) is 5.32 Å². The van der Waals surface area contributed by atoms with E-state index in [9.17, 15) is 4.79 Å². The van der Waals surface area contributed by atoms with Crippen LogP contribution in [0.4, 0.5) is 0 Å². The molecular weight excluding hydrogens is 258 g/mol. The summed E-state index contributed by atoms with van der Waals surface area (Å²) in [7, 11) is 4.73. The van der Waals surface area contributed by atoms with Gasteiger partial charge in [0.1, 0.15) is 23.7 Å². The highest BCUT2D eigenvalue weighted by Crippen LogP contribution is 2.25. The molecule has 102 valence electrons. The van der Waals surface area contributed by atoms with Crippen molar-refractivity contribution in [3.05, 3.63) is 23.8 Å². The second-order valence-corrected chi connectivity index (χ2v) is 3.31. The first-order valence-electron chi connectivity index (χ1n) is 5.26. The summed E-state index contributed by atoms with van der Waals surface area (Å²) < 4.78 is 15.3. The van der Waals surface area contributed by atoms with Gasteiger partial charge in [-0.15, -0.1) is 12.4 Å². The van der Waals surface area contributed by atoms with Gasteiger partial charge in [0.25, 0.3) is 0 Å². The van der Waals surface area contributed by atoms with Gasteiger partial charge in [-0.3, -0.25) is 0 Å². The topological polar surface area (TPSA) is 56.8 Å². The minimum atomic E-state index is -0.424. The van der Waals surface area contributed by atoms with E-state index in [-0.39, 0.29) is 12.4 Å². The lowest BCUT2D eigenvalue weighted by Gasteiger charge is -2.11. The SMILES string of the molecule is CNCCOc1cc(OC)ccc1C(=O)OC.Cl. The number of methoxy groups -OCH3 is 2. The molecule has 0 saturated heterocycles. The molecule has 0 atom stereocenters. The van der Waals surface area contributed by atoms with E-state index < -0.39 is 5.97 Å². The highest BCUT2D eigenvalue weighted by molar-refractivity contribution is 5.92. The summed E-state index contributed by atoms with van der Waals surface area (Å²) in [6.07, 6.45) is 0. The highest BCUT2D eigenvalue weighted by atomic mass is 35.5. The van der Waals surface area contributed by atoms with E-state index in [1.807, 2.05) is 7.05 Å². The molecule has 0 amide bonds. The number of likely N-dealkylation sites (N-methyl/N-ethyl adjacent to an activating group) is 1. The summed E-state index contributed by atoms with van der Waals surface area (Å²) in [5, 5.41) is 2.96. The third kappa shape index (κ3) is 4.43. The molecule has 0 bridgehead atoms. The van der Waals surface area contributed by atoms with Crippen LogP contribution in [0.1, 0.15) is 10.4 Å². The first kappa shape index (κ1) is 16.5. The summed E-state index contributed by atoms with van der Waals surface area (Å²) in [4.78, 5) is 11.5. The Morgan fingerprint density at radius 1 is 1.33 bits per heavy atom. The summed E-state index contributed by atoms with van der Waals surface area (Å²) in [5.74, 6) is 0.677. The number of carbonyl (C=O) groups excluding carboxylic acids is 1. The Bertz CT molecular complexity index is 384. The fourth-order valence-corrected chi connectivity index (χ4v) is 1.29. The number of benzene rings is 1. The Hall–Kier alpha value is -1.46. The number of hydrogen-bond donors (Lipinski definition) is 1. The summed E-state index contributed by atoms with van der Waals surface area (Å²) >= 11 is 0. The van der Waals surface area contributed by atoms with Gasteiger partial charge in [0.2, 0.25) is 0 Å². The summed E-state index contributed by atoms with van der Waals surface area (Å²) in [6.45, 7) is 1.16. The highest BCUT2D eigenvalue weighted by Gasteiger charge is 2.13.